The summed E-state index contributed by atoms with van der Waals surface area (Å²) >= 11 is 0. The largest absolute Gasteiger partial charge is 0.378 e. The first-order valence-electron chi connectivity index (χ1n) is 5.30. The highest BCUT2D eigenvalue weighted by molar-refractivity contribution is 5.81. The van der Waals surface area contributed by atoms with Crippen LogP contribution in [0.25, 0.3) is 0 Å². The Bertz CT molecular complexity index is 215. The first kappa shape index (κ1) is 12.4. The molecule has 0 aromatic rings. The molecule has 1 fully saturated rings. The summed E-state index contributed by atoms with van der Waals surface area (Å²) in [5.41, 5.74) is 5.24. The SMILES string of the molecule is CCC(N)C(=O)NCC1(OC)CCOC1. The highest BCUT2D eigenvalue weighted by Gasteiger charge is 2.35. The van der Waals surface area contributed by atoms with Gasteiger partial charge in [-0.05, 0) is 6.42 Å². The molecule has 0 aliphatic carbocycles. The summed E-state index contributed by atoms with van der Waals surface area (Å²) in [6.07, 6.45) is 1.45. The average Bonchev–Trinajstić information content (AvgIpc) is 2.74. The number of hydrogen-bond acceptors (Lipinski definition) is 4. The second-order valence-electron chi connectivity index (χ2n) is 3.92. The zero-order valence-electron chi connectivity index (χ0n) is 9.41. The van der Waals surface area contributed by atoms with Gasteiger partial charge in [-0.25, -0.2) is 0 Å². The summed E-state index contributed by atoms with van der Waals surface area (Å²) in [7, 11) is 1.64. The average molecular weight is 216 g/mol. The number of ether oxygens (including phenoxy) is 2. The molecule has 1 aliphatic heterocycles. The van der Waals surface area contributed by atoms with Crippen LogP contribution in [-0.2, 0) is 14.3 Å². The Kier molecular flexibility index (Phi) is 4.50. The van der Waals surface area contributed by atoms with E-state index in [1.807, 2.05) is 6.92 Å². The van der Waals surface area contributed by atoms with Gasteiger partial charge in [0, 0.05) is 26.7 Å². The van der Waals surface area contributed by atoms with E-state index >= 15 is 0 Å². The number of rotatable bonds is 5. The molecular formula is C10H20N2O3. The number of nitrogens with two attached hydrogens (primary N) is 1. The Balaban J connectivity index is 2.37. The predicted molar refractivity (Wildman–Crippen MR) is 56.5 cm³/mol. The maximum atomic E-state index is 11.5. The summed E-state index contributed by atoms with van der Waals surface area (Å²) in [6.45, 7) is 3.57. The number of amides is 1. The summed E-state index contributed by atoms with van der Waals surface area (Å²) in [6, 6.07) is -0.429. The molecule has 5 heteroatoms. The number of carbonyl (C=O) groups excluding carboxylic acids is 1. The first-order valence-corrected chi connectivity index (χ1v) is 5.30. The summed E-state index contributed by atoms with van der Waals surface area (Å²) in [4.78, 5) is 11.5. The zero-order valence-corrected chi connectivity index (χ0v) is 9.41. The van der Waals surface area contributed by atoms with Crippen LogP contribution in [0.4, 0.5) is 0 Å². The lowest BCUT2D eigenvalue weighted by Crippen LogP contribution is -2.49. The van der Waals surface area contributed by atoms with Crippen molar-refractivity contribution >= 4 is 5.91 Å². The van der Waals surface area contributed by atoms with E-state index in [2.05, 4.69) is 5.32 Å². The second-order valence-corrected chi connectivity index (χ2v) is 3.92. The fourth-order valence-corrected chi connectivity index (χ4v) is 1.53. The molecule has 5 nitrogen and oxygen atoms in total. The van der Waals surface area contributed by atoms with Crippen LogP contribution in [0.5, 0.6) is 0 Å². The summed E-state index contributed by atoms with van der Waals surface area (Å²) in [5.74, 6) is -0.124. The molecule has 2 unspecified atom stereocenters. The molecule has 88 valence electrons. The van der Waals surface area contributed by atoms with Crippen LogP contribution >= 0.6 is 0 Å². The lowest BCUT2D eigenvalue weighted by molar-refractivity contribution is -0.124. The van der Waals surface area contributed by atoms with Crippen molar-refractivity contribution in [2.24, 2.45) is 5.73 Å². The Morgan fingerprint density at radius 3 is 2.93 bits per heavy atom. The molecular weight excluding hydrogens is 196 g/mol. The molecule has 1 saturated heterocycles. The van der Waals surface area contributed by atoms with Crippen LogP contribution < -0.4 is 11.1 Å². The third kappa shape index (κ3) is 3.15. The topological polar surface area (TPSA) is 73.6 Å². The molecule has 0 aromatic carbocycles. The fourth-order valence-electron chi connectivity index (χ4n) is 1.53. The first-order chi connectivity index (χ1) is 7.13. The second kappa shape index (κ2) is 5.44. The van der Waals surface area contributed by atoms with Crippen molar-refractivity contribution in [3.63, 3.8) is 0 Å². The third-order valence-electron chi connectivity index (χ3n) is 2.86. The van der Waals surface area contributed by atoms with E-state index in [1.165, 1.54) is 0 Å². The molecule has 1 rings (SSSR count). The maximum absolute atomic E-state index is 11.5. The molecule has 0 radical (unpaired) electrons. The normalized spacial score (nSPS) is 27.7. The van der Waals surface area contributed by atoms with Gasteiger partial charge < -0.3 is 20.5 Å². The standard InChI is InChI=1S/C10H20N2O3/c1-3-8(11)9(13)12-6-10(14-2)4-5-15-7-10/h8H,3-7,11H2,1-2H3,(H,12,13). The molecule has 0 bridgehead atoms. The van der Waals surface area contributed by atoms with Gasteiger partial charge in [-0.2, -0.15) is 0 Å². The molecule has 2 atom stereocenters. The molecule has 0 saturated carbocycles. The predicted octanol–water partition coefficient (Wildman–Crippen LogP) is -0.355. The van der Waals surface area contributed by atoms with Crippen LogP contribution in [0.3, 0.4) is 0 Å². The Morgan fingerprint density at radius 2 is 2.47 bits per heavy atom. The van der Waals surface area contributed by atoms with Crippen LogP contribution in [0.1, 0.15) is 19.8 Å². The monoisotopic (exact) mass is 216 g/mol. The quantitative estimate of drug-likeness (QED) is 0.658. The van der Waals surface area contributed by atoms with E-state index in [9.17, 15) is 4.79 Å². The smallest absolute Gasteiger partial charge is 0.237 e. The highest BCUT2D eigenvalue weighted by atomic mass is 16.5. The van der Waals surface area contributed by atoms with Gasteiger partial charge in [0.2, 0.25) is 5.91 Å². The van der Waals surface area contributed by atoms with Crippen LogP contribution in [0.2, 0.25) is 0 Å². The van der Waals surface area contributed by atoms with E-state index < -0.39 is 6.04 Å². The van der Waals surface area contributed by atoms with Crippen LogP contribution in [0, 0.1) is 0 Å². The van der Waals surface area contributed by atoms with Crippen molar-refractivity contribution in [1.82, 2.24) is 5.32 Å². The van der Waals surface area contributed by atoms with Crippen LogP contribution in [-0.4, -0.2) is 44.4 Å². The van der Waals surface area contributed by atoms with Crippen molar-refractivity contribution in [2.75, 3.05) is 26.9 Å². The van der Waals surface area contributed by atoms with Crippen LogP contribution in [0.15, 0.2) is 0 Å². The van der Waals surface area contributed by atoms with E-state index in [0.717, 1.165) is 6.42 Å². The molecule has 15 heavy (non-hydrogen) atoms. The molecule has 0 spiro atoms. The molecule has 1 aliphatic rings. The number of nitrogens with one attached hydrogen (secondary N) is 1. The highest BCUT2D eigenvalue weighted by Crippen LogP contribution is 2.21. The van der Waals surface area contributed by atoms with Crippen molar-refractivity contribution < 1.29 is 14.3 Å². The minimum absolute atomic E-state index is 0.124. The molecule has 0 aromatic heterocycles. The van der Waals surface area contributed by atoms with E-state index in [1.54, 1.807) is 7.11 Å². The van der Waals surface area contributed by atoms with Gasteiger partial charge in [0.15, 0.2) is 0 Å². The van der Waals surface area contributed by atoms with Crippen molar-refractivity contribution in [1.29, 1.82) is 0 Å². The van der Waals surface area contributed by atoms with E-state index in [0.29, 0.717) is 26.2 Å². The van der Waals surface area contributed by atoms with Gasteiger partial charge in [-0.3, -0.25) is 4.79 Å². The summed E-state index contributed by atoms with van der Waals surface area (Å²) in [5, 5.41) is 2.80. The molecule has 1 heterocycles. The Hall–Kier alpha value is -0.650. The Morgan fingerprint density at radius 1 is 1.73 bits per heavy atom. The summed E-state index contributed by atoms with van der Waals surface area (Å²) < 4.78 is 10.6. The minimum Gasteiger partial charge on any atom is -0.378 e. The number of hydrogen-bond donors (Lipinski definition) is 2. The van der Waals surface area contributed by atoms with E-state index in [-0.39, 0.29) is 11.5 Å². The lowest BCUT2D eigenvalue weighted by atomic mass is 10.0. The van der Waals surface area contributed by atoms with Crippen molar-refractivity contribution in [2.45, 2.75) is 31.4 Å². The van der Waals surface area contributed by atoms with Gasteiger partial charge in [-0.1, -0.05) is 6.92 Å². The maximum Gasteiger partial charge on any atom is 0.237 e. The number of carbonyl (C=O) groups is 1. The zero-order chi connectivity index (χ0) is 11.3. The van der Waals surface area contributed by atoms with Gasteiger partial charge in [0.1, 0.15) is 5.60 Å². The van der Waals surface area contributed by atoms with Gasteiger partial charge >= 0.3 is 0 Å². The lowest BCUT2D eigenvalue weighted by Gasteiger charge is -2.26. The molecule has 1 amide bonds. The minimum atomic E-state index is -0.429. The number of methoxy groups -OCH3 is 1. The van der Waals surface area contributed by atoms with Gasteiger partial charge in [0.05, 0.1) is 12.6 Å². The Labute approximate surface area is 90.3 Å². The van der Waals surface area contributed by atoms with Gasteiger partial charge in [0.25, 0.3) is 0 Å². The third-order valence-corrected chi connectivity index (χ3v) is 2.86. The van der Waals surface area contributed by atoms with E-state index in [4.69, 9.17) is 15.2 Å². The van der Waals surface area contributed by atoms with Gasteiger partial charge in [-0.15, -0.1) is 0 Å². The van der Waals surface area contributed by atoms with Crippen molar-refractivity contribution in [3.8, 4) is 0 Å². The van der Waals surface area contributed by atoms with Crippen molar-refractivity contribution in [3.05, 3.63) is 0 Å². The fraction of sp³-hybridized carbons (Fsp3) is 0.900. The molecule has 3 N–H and O–H groups in total.